The van der Waals surface area contributed by atoms with E-state index in [1.807, 2.05) is 54.7 Å². The minimum Gasteiger partial charge on any atom is -0.493 e. The van der Waals surface area contributed by atoms with Crippen LogP contribution in [0.5, 0.6) is 11.5 Å². The molecule has 1 atom stereocenters. The molecule has 6 rings (SSSR count). The summed E-state index contributed by atoms with van der Waals surface area (Å²) in [6.45, 7) is 4.20. The standard InChI is InChI=1S/C34H29Cl2N3O5S/c1-5-44-33(41)30-19(2)37-34-39(31(30)20-11-13-27(42-3)28(14-20)43-4)32(40)29(45-34)15-22-18-38(26-9-7-6-8-24(22)26)17-21-10-12-23(35)16-25(21)36/h6-16,18,31H,5,17H2,1-4H3/b29-15-/t31-/m0/s1. The van der Waals surface area contributed by atoms with Crippen LogP contribution >= 0.6 is 34.5 Å². The number of hydrogen-bond acceptors (Lipinski definition) is 7. The van der Waals surface area contributed by atoms with E-state index >= 15 is 0 Å². The molecule has 0 bridgehead atoms. The highest BCUT2D eigenvalue weighted by atomic mass is 35.5. The summed E-state index contributed by atoms with van der Waals surface area (Å²) in [5.74, 6) is 0.476. The summed E-state index contributed by atoms with van der Waals surface area (Å²) in [6.07, 6.45) is 3.89. The van der Waals surface area contributed by atoms with Gasteiger partial charge in [0.25, 0.3) is 5.56 Å². The van der Waals surface area contributed by atoms with Gasteiger partial charge in [-0.2, -0.15) is 0 Å². The minimum absolute atomic E-state index is 0.185. The van der Waals surface area contributed by atoms with Crippen molar-refractivity contribution in [2.45, 2.75) is 26.4 Å². The molecule has 0 amide bonds. The van der Waals surface area contributed by atoms with Gasteiger partial charge >= 0.3 is 5.97 Å². The maximum absolute atomic E-state index is 14.2. The molecule has 1 aliphatic rings. The quantitative estimate of drug-likeness (QED) is 0.187. The van der Waals surface area contributed by atoms with Crippen LogP contribution in [0.25, 0.3) is 17.0 Å². The lowest BCUT2D eigenvalue weighted by atomic mass is 9.95. The van der Waals surface area contributed by atoms with Crippen molar-refractivity contribution in [2.24, 2.45) is 4.99 Å². The number of methoxy groups -OCH3 is 2. The molecule has 230 valence electrons. The van der Waals surface area contributed by atoms with Crippen LogP contribution < -0.4 is 24.4 Å². The molecule has 0 saturated heterocycles. The summed E-state index contributed by atoms with van der Waals surface area (Å²) in [5, 5.41) is 2.14. The molecule has 2 aromatic heterocycles. The third kappa shape index (κ3) is 5.67. The first-order valence-corrected chi connectivity index (χ1v) is 15.7. The van der Waals surface area contributed by atoms with Crippen LogP contribution in [0.4, 0.5) is 0 Å². The van der Waals surface area contributed by atoms with Crippen LogP contribution in [-0.4, -0.2) is 35.9 Å². The predicted octanol–water partition coefficient (Wildman–Crippen LogP) is 6.13. The van der Waals surface area contributed by atoms with Crippen LogP contribution in [0.3, 0.4) is 0 Å². The van der Waals surface area contributed by atoms with Crippen molar-refractivity contribution in [1.29, 1.82) is 0 Å². The SMILES string of the molecule is CCOC(=O)C1=C(C)N=c2s/c(=C\c3cn(Cc4ccc(Cl)cc4Cl)c4ccccc34)c(=O)n2[C@H]1c1ccc(OC)c(OC)c1. The zero-order valence-electron chi connectivity index (χ0n) is 25.0. The first-order valence-electron chi connectivity index (χ1n) is 14.2. The summed E-state index contributed by atoms with van der Waals surface area (Å²) < 4.78 is 20.5. The monoisotopic (exact) mass is 661 g/mol. The van der Waals surface area contributed by atoms with E-state index in [4.69, 9.17) is 42.4 Å². The number of para-hydroxylation sites is 1. The van der Waals surface area contributed by atoms with E-state index in [-0.39, 0.29) is 12.2 Å². The number of aromatic nitrogens is 2. The van der Waals surface area contributed by atoms with Crippen molar-refractivity contribution in [2.75, 3.05) is 20.8 Å². The highest BCUT2D eigenvalue weighted by Crippen LogP contribution is 2.36. The Balaban J connectivity index is 1.52. The van der Waals surface area contributed by atoms with E-state index in [9.17, 15) is 9.59 Å². The van der Waals surface area contributed by atoms with Crippen LogP contribution in [0.2, 0.25) is 10.0 Å². The number of halogens is 2. The number of nitrogens with zero attached hydrogens (tertiary/aromatic N) is 3. The second kappa shape index (κ2) is 12.6. The molecule has 0 saturated carbocycles. The molecule has 3 heterocycles. The molecule has 45 heavy (non-hydrogen) atoms. The van der Waals surface area contributed by atoms with Crippen molar-refractivity contribution < 1.29 is 19.0 Å². The fourth-order valence-electron chi connectivity index (χ4n) is 5.63. The van der Waals surface area contributed by atoms with Crippen LogP contribution in [0, 0.1) is 0 Å². The van der Waals surface area contributed by atoms with Gasteiger partial charge in [0.2, 0.25) is 0 Å². The Morgan fingerprint density at radius 3 is 2.56 bits per heavy atom. The van der Waals surface area contributed by atoms with Gasteiger partial charge in [-0.05, 0) is 61.4 Å². The fourth-order valence-corrected chi connectivity index (χ4v) is 7.13. The first kappa shape index (κ1) is 30.7. The molecule has 0 aliphatic carbocycles. The topological polar surface area (TPSA) is 84.1 Å². The molecular weight excluding hydrogens is 633 g/mol. The van der Waals surface area contributed by atoms with Crippen molar-refractivity contribution in [3.63, 3.8) is 0 Å². The van der Waals surface area contributed by atoms with Gasteiger partial charge in [0.15, 0.2) is 16.3 Å². The second-order valence-electron chi connectivity index (χ2n) is 10.4. The predicted molar refractivity (Wildman–Crippen MR) is 177 cm³/mol. The Hall–Kier alpha value is -4.31. The Morgan fingerprint density at radius 2 is 1.82 bits per heavy atom. The highest BCUT2D eigenvalue weighted by Gasteiger charge is 2.34. The van der Waals surface area contributed by atoms with E-state index in [0.29, 0.717) is 54.3 Å². The molecule has 0 radical (unpaired) electrons. The maximum Gasteiger partial charge on any atom is 0.338 e. The van der Waals surface area contributed by atoms with E-state index < -0.39 is 12.0 Å². The van der Waals surface area contributed by atoms with Gasteiger partial charge < -0.3 is 18.8 Å². The lowest BCUT2D eigenvalue weighted by Gasteiger charge is -2.25. The third-order valence-electron chi connectivity index (χ3n) is 7.70. The second-order valence-corrected chi connectivity index (χ2v) is 12.2. The Bertz CT molecular complexity index is 2180. The number of esters is 1. The van der Waals surface area contributed by atoms with Crippen molar-refractivity contribution >= 4 is 57.5 Å². The molecular formula is C34H29Cl2N3O5S. The molecule has 0 fully saturated rings. The largest absolute Gasteiger partial charge is 0.493 e. The molecule has 0 N–H and O–H groups in total. The van der Waals surface area contributed by atoms with Gasteiger partial charge in [-0.3, -0.25) is 9.36 Å². The van der Waals surface area contributed by atoms with Gasteiger partial charge in [-0.25, -0.2) is 9.79 Å². The van der Waals surface area contributed by atoms with Gasteiger partial charge in [-0.15, -0.1) is 0 Å². The van der Waals surface area contributed by atoms with Crippen molar-refractivity contribution in [1.82, 2.24) is 9.13 Å². The molecule has 11 heteroatoms. The smallest absolute Gasteiger partial charge is 0.338 e. The fraction of sp³-hybridized carbons (Fsp3) is 0.206. The number of fused-ring (bicyclic) bond motifs is 2. The zero-order chi connectivity index (χ0) is 31.8. The van der Waals surface area contributed by atoms with Gasteiger partial charge in [-0.1, -0.05) is 64.9 Å². The zero-order valence-corrected chi connectivity index (χ0v) is 27.3. The van der Waals surface area contributed by atoms with E-state index in [1.165, 1.54) is 18.4 Å². The van der Waals surface area contributed by atoms with Gasteiger partial charge in [0.1, 0.15) is 0 Å². The minimum atomic E-state index is -0.782. The average Bonchev–Trinajstić information content (AvgIpc) is 3.53. The van der Waals surface area contributed by atoms with Gasteiger partial charge in [0.05, 0.1) is 42.7 Å². The van der Waals surface area contributed by atoms with E-state index in [1.54, 1.807) is 43.7 Å². The molecule has 8 nitrogen and oxygen atoms in total. The van der Waals surface area contributed by atoms with Crippen molar-refractivity contribution in [3.05, 3.63) is 125 Å². The van der Waals surface area contributed by atoms with Gasteiger partial charge in [0, 0.05) is 39.3 Å². The normalized spacial score (nSPS) is 14.8. The number of hydrogen-bond donors (Lipinski definition) is 0. The Morgan fingerprint density at radius 1 is 1.04 bits per heavy atom. The summed E-state index contributed by atoms with van der Waals surface area (Å²) >= 11 is 13.9. The maximum atomic E-state index is 14.2. The first-order chi connectivity index (χ1) is 21.7. The number of carbonyl (C=O) groups excluding carboxylic acids is 1. The van der Waals surface area contributed by atoms with Crippen molar-refractivity contribution in [3.8, 4) is 11.5 Å². The number of allylic oxidation sites excluding steroid dienone is 1. The summed E-state index contributed by atoms with van der Waals surface area (Å²) in [6, 6.07) is 18.0. The number of ether oxygens (including phenoxy) is 3. The Labute approximate surface area is 273 Å². The van der Waals surface area contributed by atoms with Crippen LogP contribution in [0.15, 0.2) is 87.9 Å². The average molecular weight is 663 g/mol. The molecule has 0 unspecified atom stereocenters. The van der Waals surface area contributed by atoms with Crippen LogP contribution in [0.1, 0.15) is 36.6 Å². The number of carbonyl (C=O) groups is 1. The molecule has 3 aromatic carbocycles. The highest BCUT2D eigenvalue weighted by molar-refractivity contribution is 7.07. The molecule has 5 aromatic rings. The number of benzene rings is 3. The number of rotatable bonds is 8. The summed E-state index contributed by atoms with van der Waals surface area (Å²) in [5.41, 5.74) is 3.94. The molecule has 1 aliphatic heterocycles. The molecule has 0 spiro atoms. The Kier molecular flexibility index (Phi) is 8.59. The number of thiazole rings is 1. The van der Waals surface area contributed by atoms with Crippen LogP contribution in [-0.2, 0) is 16.1 Å². The lowest BCUT2D eigenvalue weighted by Crippen LogP contribution is -2.39. The summed E-state index contributed by atoms with van der Waals surface area (Å²) in [7, 11) is 3.09. The van der Waals surface area contributed by atoms with E-state index in [0.717, 1.165) is 22.0 Å². The third-order valence-corrected chi connectivity index (χ3v) is 9.27. The lowest BCUT2D eigenvalue weighted by molar-refractivity contribution is -0.139. The van der Waals surface area contributed by atoms with E-state index in [2.05, 4.69) is 4.57 Å². The summed E-state index contributed by atoms with van der Waals surface area (Å²) in [4.78, 5) is 32.7.